The minimum absolute atomic E-state index is 0. The van der Waals surface area contributed by atoms with Gasteiger partial charge in [0.15, 0.2) is 0 Å². The lowest BCUT2D eigenvalue weighted by molar-refractivity contribution is 1.65. The van der Waals surface area contributed by atoms with Crippen molar-refractivity contribution in [2.24, 2.45) is 0 Å². The molecule has 0 aliphatic carbocycles. The molecule has 0 spiro atoms. The molecule has 0 aromatic heterocycles. The fourth-order valence-electron chi connectivity index (χ4n) is 0.721. The maximum atomic E-state index is 5.60. The van der Waals surface area contributed by atoms with Crippen LogP contribution in [0.25, 0.3) is 0 Å². The van der Waals surface area contributed by atoms with Crippen LogP contribution in [-0.4, -0.2) is 4.32 Å². The fraction of sp³-hybridized carbons (Fsp3) is 0. The Balaban J connectivity index is 0.00000121. The number of anilines is 2. The maximum Gasteiger partial charge on any atom is 0.0605 e. The SMILES string of the molecule is Nc1ccccc1NC(=S)[S-].[NH4+]. The van der Waals surface area contributed by atoms with E-state index in [1.165, 1.54) is 0 Å². The molecule has 66 valence electrons. The number of rotatable bonds is 1. The predicted molar refractivity (Wildman–Crippen MR) is 60.4 cm³/mol. The Morgan fingerprint density at radius 3 is 2.50 bits per heavy atom. The molecule has 0 fully saturated rings. The third-order valence-corrected chi connectivity index (χ3v) is 1.40. The zero-order chi connectivity index (χ0) is 8.27. The van der Waals surface area contributed by atoms with E-state index in [-0.39, 0.29) is 6.15 Å². The Labute approximate surface area is 82.3 Å². The molecule has 7 N–H and O–H groups in total. The van der Waals surface area contributed by atoms with Gasteiger partial charge in [0.05, 0.1) is 11.4 Å². The fourth-order valence-corrected chi connectivity index (χ4v) is 0.941. The second-order valence-electron chi connectivity index (χ2n) is 2.00. The van der Waals surface area contributed by atoms with Gasteiger partial charge < -0.3 is 42.0 Å². The number of nitrogens with one attached hydrogen (secondary N) is 1. The van der Waals surface area contributed by atoms with E-state index in [1.54, 1.807) is 6.07 Å². The highest BCUT2D eigenvalue weighted by Gasteiger charge is 1.92. The minimum atomic E-state index is 0. The van der Waals surface area contributed by atoms with Crippen molar-refractivity contribution in [3.63, 3.8) is 0 Å². The van der Waals surface area contributed by atoms with Gasteiger partial charge in [-0.05, 0) is 12.1 Å². The second kappa shape index (κ2) is 4.87. The van der Waals surface area contributed by atoms with Crippen molar-refractivity contribution in [2.45, 2.75) is 0 Å². The summed E-state index contributed by atoms with van der Waals surface area (Å²) in [4.78, 5) is 0. The van der Waals surface area contributed by atoms with Crippen molar-refractivity contribution < 1.29 is 0 Å². The quantitative estimate of drug-likeness (QED) is 0.368. The Morgan fingerprint density at radius 1 is 1.42 bits per heavy atom. The molecule has 0 radical (unpaired) electrons. The molecular weight excluding hydrogens is 190 g/mol. The number of thiocarbonyl (C=S) groups is 1. The van der Waals surface area contributed by atoms with E-state index >= 15 is 0 Å². The number of hydrogen-bond donors (Lipinski definition) is 3. The average Bonchev–Trinajstić information content (AvgIpc) is 1.93. The van der Waals surface area contributed by atoms with Crippen LogP contribution >= 0.6 is 12.2 Å². The summed E-state index contributed by atoms with van der Waals surface area (Å²) in [7, 11) is 0. The van der Waals surface area contributed by atoms with Crippen molar-refractivity contribution in [1.29, 1.82) is 0 Å². The lowest BCUT2D eigenvalue weighted by Crippen LogP contribution is -2.06. The standard InChI is InChI=1S/C7H8N2S2.H3N/c8-5-3-1-2-4-6(5)9-7(10)11;/h1-4H,8H2,(H2,9,10,11);1H3. The van der Waals surface area contributed by atoms with Crippen LogP contribution in [0, 0.1) is 0 Å². The van der Waals surface area contributed by atoms with Crippen LogP contribution in [0.3, 0.4) is 0 Å². The van der Waals surface area contributed by atoms with Crippen molar-refractivity contribution in [2.75, 3.05) is 11.1 Å². The lowest BCUT2D eigenvalue weighted by Gasteiger charge is -2.10. The predicted octanol–water partition coefficient (Wildman–Crippen LogP) is 1.89. The summed E-state index contributed by atoms with van der Waals surface area (Å²) in [6.45, 7) is 0. The maximum absolute atomic E-state index is 5.60. The molecule has 12 heavy (non-hydrogen) atoms. The summed E-state index contributed by atoms with van der Waals surface area (Å²) in [5.74, 6) is 0. The van der Waals surface area contributed by atoms with Crippen LogP contribution in [0.2, 0.25) is 0 Å². The molecule has 0 atom stereocenters. The number of benzene rings is 1. The monoisotopic (exact) mass is 201 g/mol. The highest BCUT2D eigenvalue weighted by molar-refractivity contribution is 8.00. The zero-order valence-corrected chi connectivity index (χ0v) is 8.34. The first-order valence-electron chi connectivity index (χ1n) is 3.02. The van der Waals surface area contributed by atoms with Gasteiger partial charge in [-0.25, -0.2) is 0 Å². The molecular formula is C7H11N3S2. The summed E-state index contributed by atoms with van der Waals surface area (Å²) < 4.78 is 0.308. The third-order valence-electron chi connectivity index (χ3n) is 1.20. The molecule has 0 aliphatic rings. The van der Waals surface area contributed by atoms with E-state index in [1.807, 2.05) is 18.2 Å². The molecule has 1 rings (SSSR count). The van der Waals surface area contributed by atoms with E-state index in [4.69, 9.17) is 5.73 Å². The molecule has 0 saturated heterocycles. The van der Waals surface area contributed by atoms with Gasteiger partial charge in [0.2, 0.25) is 0 Å². The van der Waals surface area contributed by atoms with E-state index in [2.05, 4.69) is 30.2 Å². The molecule has 0 saturated carbocycles. The Hall–Kier alpha value is -0.910. The molecule has 0 unspecified atom stereocenters. The van der Waals surface area contributed by atoms with Crippen LogP contribution in [0.4, 0.5) is 11.4 Å². The van der Waals surface area contributed by atoms with Crippen LogP contribution < -0.4 is 17.2 Å². The molecule has 3 nitrogen and oxygen atoms in total. The highest BCUT2D eigenvalue weighted by Crippen LogP contribution is 2.16. The van der Waals surface area contributed by atoms with Crippen molar-refractivity contribution in [3.8, 4) is 0 Å². The number of para-hydroxylation sites is 2. The van der Waals surface area contributed by atoms with Gasteiger partial charge in [-0.3, -0.25) is 0 Å². The molecule has 0 bridgehead atoms. The average molecular weight is 201 g/mol. The zero-order valence-electron chi connectivity index (χ0n) is 6.70. The van der Waals surface area contributed by atoms with Crippen LogP contribution in [0.5, 0.6) is 0 Å². The Morgan fingerprint density at radius 2 is 2.00 bits per heavy atom. The second-order valence-corrected chi connectivity index (χ2v) is 3.07. The highest BCUT2D eigenvalue weighted by atomic mass is 32.1. The van der Waals surface area contributed by atoms with Crippen LogP contribution in [-0.2, 0) is 12.6 Å². The first-order chi connectivity index (χ1) is 5.20. The number of nitrogens with two attached hydrogens (primary N) is 1. The molecule has 0 amide bonds. The molecule has 5 heteroatoms. The number of quaternary nitrogens is 1. The Kier molecular flexibility index (Phi) is 4.50. The topological polar surface area (TPSA) is 74.5 Å². The van der Waals surface area contributed by atoms with Crippen molar-refractivity contribution in [3.05, 3.63) is 24.3 Å². The summed E-state index contributed by atoms with van der Waals surface area (Å²) in [5, 5.41) is 2.79. The molecule has 1 aromatic rings. The van der Waals surface area contributed by atoms with Gasteiger partial charge in [0.25, 0.3) is 0 Å². The van der Waals surface area contributed by atoms with Crippen LogP contribution in [0.15, 0.2) is 24.3 Å². The molecule has 1 aromatic carbocycles. The van der Waals surface area contributed by atoms with E-state index in [0.717, 1.165) is 5.69 Å². The lowest BCUT2D eigenvalue weighted by atomic mass is 10.3. The van der Waals surface area contributed by atoms with Crippen LogP contribution in [0.1, 0.15) is 0 Å². The first kappa shape index (κ1) is 11.1. The number of nitrogen functional groups attached to an aromatic ring is 1. The van der Waals surface area contributed by atoms with Crippen molar-refractivity contribution >= 4 is 40.5 Å². The van der Waals surface area contributed by atoms with E-state index in [0.29, 0.717) is 10.0 Å². The van der Waals surface area contributed by atoms with E-state index < -0.39 is 0 Å². The summed E-state index contributed by atoms with van der Waals surface area (Å²) in [6.07, 6.45) is 0. The van der Waals surface area contributed by atoms with Gasteiger partial charge >= 0.3 is 0 Å². The normalized spacial score (nSPS) is 8.33. The third kappa shape index (κ3) is 3.00. The molecule has 0 heterocycles. The van der Waals surface area contributed by atoms with E-state index in [9.17, 15) is 0 Å². The first-order valence-corrected chi connectivity index (χ1v) is 3.84. The Bertz CT molecular complexity index is 275. The van der Waals surface area contributed by atoms with Gasteiger partial charge in [0, 0.05) is 0 Å². The smallest absolute Gasteiger partial charge is 0.0605 e. The van der Waals surface area contributed by atoms with Gasteiger partial charge in [-0.1, -0.05) is 16.5 Å². The minimum Gasteiger partial charge on any atom is -0.411 e. The number of hydrogen-bond acceptors (Lipinski definition) is 3. The van der Waals surface area contributed by atoms with Crippen molar-refractivity contribution in [1.82, 2.24) is 6.15 Å². The van der Waals surface area contributed by atoms with Gasteiger partial charge in [-0.15, -0.1) is 0 Å². The van der Waals surface area contributed by atoms with Gasteiger partial charge in [-0.2, -0.15) is 0 Å². The summed E-state index contributed by atoms with van der Waals surface area (Å²) >= 11 is 9.37. The summed E-state index contributed by atoms with van der Waals surface area (Å²) in [5.41, 5.74) is 7.02. The summed E-state index contributed by atoms with van der Waals surface area (Å²) in [6, 6.07) is 7.34. The molecule has 0 aliphatic heterocycles. The van der Waals surface area contributed by atoms with Gasteiger partial charge in [0.1, 0.15) is 0 Å². The largest absolute Gasteiger partial charge is 0.411 e.